The molecule has 0 aliphatic carbocycles. The lowest BCUT2D eigenvalue weighted by atomic mass is 10.1. The van der Waals surface area contributed by atoms with Crippen molar-refractivity contribution < 1.29 is 8.42 Å². The van der Waals surface area contributed by atoms with Gasteiger partial charge in [-0.3, -0.25) is 0 Å². The Morgan fingerprint density at radius 1 is 1.12 bits per heavy atom. The third-order valence-electron chi connectivity index (χ3n) is 4.26. The fourth-order valence-electron chi connectivity index (χ4n) is 3.30. The van der Waals surface area contributed by atoms with E-state index in [0.717, 1.165) is 28.0 Å². The second-order valence-electron chi connectivity index (χ2n) is 6.40. The molecule has 0 spiro atoms. The van der Waals surface area contributed by atoms with Gasteiger partial charge in [0.2, 0.25) is 10.0 Å². The van der Waals surface area contributed by atoms with Gasteiger partial charge in [-0.15, -0.1) is 0 Å². The maximum absolute atomic E-state index is 12.6. The van der Waals surface area contributed by atoms with Crippen LogP contribution in [0, 0.1) is 20.8 Å². The van der Waals surface area contributed by atoms with Gasteiger partial charge in [-0.2, -0.15) is 0 Å². The van der Waals surface area contributed by atoms with Crippen molar-refractivity contribution in [3.63, 3.8) is 0 Å². The van der Waals surface area contributed by atoms with Crippen LogP contribution in [0.1, 0.15) is 28.9 Å². The number of nitrogens with zero attached hydrogens (tertiary/aromatic N) is 2. The Balaban J connectivity index is 1.65. The minimum absolute atomic E-state index is 0.386. The van der Waals surface area contributed by atoms with E-state index in [1.54, 1.807) is 0 Å². The van der Waals surface area contributed by atoms with Gasteiger partial charge in [0, 0.05) is 19.2 Å². The van der Waals surface area contributed by atoms with E-state index in [1.807, 2.05) is 67.9 Å². The molecule has 25 heavy (non-hydrogen) atoms. The molecular weight excluding hydrogens is 334 g/mol. The van der Waals surface area contributed by atoms with Gasteiger partial charge in [0.15, 0.2) is 0 Å². The number of hydrogen-bond acceptors (Lipinski definition) is 3. The van der Waals surface area contributed by atoms with Crippen molar-refractivity contribution in [2.75, 3.05) is 6.54 Å². The summed E-state index contributed by atoms with van der Waals surface area (Å²) in [6.07, 6.45) is 5.21. The first-order valence-corrected chi connectivity index (χ1v) is 9.85. The summed E-state index contributed by atoms with van der Waals surface area (Å²) in [4.78, 5) is 4.80. The zero-order chi connectivity index (χ0) is 18.0. The summed E-state index contributed by atoms with van der Waals surface area (Å²) >= 11 is 0. The lowest BCUT2D eigenvalue weighted by Crippen LogP contribution is -2.26. The van der Waals surface area contributed by atoms with Gasteiger partial charge in [-0.25, -0.2) is 18.1 Å². The Morgan fingerprint density at radius 3 is 2.56 bits per heavy atom. The molecule has 1 aromatic carbocycles. The van der Waals surface area contributed by atoms with E-state index in [4.69, 9.17) is 0 Å². The van der Waals surface area contributed by atoms with Crippen molar-refractivity contribution in [2.24, 2.45) is 0 Å². The lowest BCUT2D eigenvalue weighted by Gasteiger charge is -2.13. The average molecular weight is 357 g/mol. The maximum Gasteiger partial charge on any atom is 0.241 e. The largest absolute Gasteiger partial charge is 0.304 e. The van der Waals surface area contributed by atoms with E-state index in [1.165, 1.54) is 0 Å². The van der Waals surface area contributed by atoms with E-state index >= 15 is 0 Å². The molecule has 0 atom stereocenters. The molecule has 0 aliphatic heterocycles. The molecule has 6 heteroatoms. The smallest absolute Gasteiger partial charge is 0.241 e. The summed E-state index contributed by atoms with van der Waals surface area (Å²) in [7, 11) is -3.50. The number of nitrogens with one attached hydrogen (secondary N) is 1. The van der Waals surface area contributed by atoms with Crippen LogP contribution in [0.2, 0.25) is 0 Å². The molecule has 0 saturated heterocycles. The fourth-order valence-corrected chi connectivity index (χ4v) is 4.82. The van der Waals surface area contributed by atoms with Crippen molar-refractivity contribution in [1.29, 1.82) is 0 Å². The number of rotatable bonds is 6. The average Bonchev–Trinajstić information content (AvgIpc) is 2.93. The highest BCUT2D eigenvalue weighted by Gasteiger charge is 2.19. The molecule has 0 fully saturated rings. The van der Waals surface area contributed by atoms with Crippen molar-refractivity contribution in [1.82, 2.24) is 14.1 Å². The minimum Gasteiger partial charge on any atom is -0.304 e. The number of hydrogen-bond donors (Lipinski definition) is 1. The predicted molar refractivity (Wildman–Crippen MR) is 99.4 cm³/mol. The van der Waals surface area contributed by atoms with Crippen LogP contribution in [0.4, 0.5) is 0 Å². The Labute approximate surface area is 148 Å². The molecule has 0 bridgehead atoms. The zero-order valence-electron chi connectivity index (χ0n) is 14.8. The molecule has 0 saturated carbocycles. The summed E-state index contributed by atoms with van der Waals surface area (Å²) in [5.41, 5.74) is 3.68. The first-order chi connectivity index (χ1) is 11.9. The van der Waals surface area contributed by atoms with Gasteiger partial charge in [0.1, 0.15) is 5.82 Å². The van der Waals surface area contributed by atoms with E-state index in [2.05, 4.69) is 9.71 Å². The van der Waals surface area contributed by atoms with Crippen LogP contribution in [0.25, 0.3) is 5.52 Å². The highest BCUT2D eigenvalue weighted by molar-refractivity contribution is 7.89. The van der Waals surface area contributed by atoms with Crippen LogP contribution in [-0.2, 0) is 16.4 Å². The molecule has 3 aromatic rings. The first-order valence-electron chi connectivity index (χ1n) is 8.37. The third-order valence-corrected chi connectivity index (χ3v) is 6.02. The van der Waals surface area contributed by atoms with E-state index < -0.39 is 10.0 Å². The second kappa shape index (κ2) is 6.98. The normalized spacial score (nSPS) is 12.0. The number of sulfonamides is 1. The van der Waals surface area contributed by atoms with Gasteiger partial charge in [0.05, 0.1) is 16.6 Å². The van der Waals surface area contributed by atoms with Crippen molar-refractivity contribution in [2.45, 2.75) is 38.5 Å². The monoisotopic (exact) mass is 357 g/mol. The molecule has 0 unspecified atom stereocenters. The molecule has 5 nitrogen and oxygen atoms in total. The highest BCUT2D eigenvalue weighted by Crippen LogP contribution is 2.21. The van der Waals surface area contributed by atoms with Crippen LogP contribution in [0.5, 0.6) is 0 Å². The van der Waals surface area contributed by atoms with Gasteiger partial charge >= 0.3 is 0 Å². The maximum atomic E-state index is 12.6. The Bertz CT molecular complexity index is 983. The molecule has 2 heterocycles. The van der Waals surface area contributed by atoms with Crippen molar-refractivity contribution in [3.05, 3.63) is 65.2 Å². The Morgan fingerprint density at radius 2 is 1.84 bits per heavy atom. The quantitative estimate of drug-likeness (QED) is 0.689. The molecular formula is C19H23N3O2S. The zero-order valence-corrected chi connectivity index (χ0v) is 15.6. The fraction of sp³-hybridized carbons (Fsp3) is 0.316. The van der Waals surface area contributed by atoms with Gasteiger partial charge in [-0.05, 0) is 50.5 Å². The van der Waals surface area contributed by atoms with Gasteiger partial charge in [0.25, 0.3) is 0 Å². The second-order valence-corrected chi connectivity index (χ2v) is 8.10. The molecule has 1 N–H and O–H groups in total. The summed E-state index contributed by atoms with van der Waals surface area (Å²) in [5, 5.41) is 0. The Kier molecular flexibility index (Phi) is 4.92. The predicted octanol–water partition coefficient (Wildman–Crippen LogP) is 3.17. The number of pyridine rings is 1. The molecule has 3 rings (SSSR count). The first kappa shape index (κ1) is 17.6. The SMILES string of the molecule is Cc1cc(C)c(S(=O)(=O)NCCCc2ncc3ccccn23)c(C)c1. The standard InChI is InChI=1S/C19H23N3O2S/c1-14-11-15(2)19(16(3)12-14)25(23,24)21-9-6-8-18-20-13-17-7-4-5-10-22(17)18/h4-5,7,10-13,21H,6,8-9H2,1-3H3. The van der Waals surface area contributed by atoms with Gasteiger partial charge < -0.3 is 4.40 Å². The van der Waals surface area contributed by atoms with E-state index in [0.29, 0.717) is 24.3 Å². The number of fused-ring (bicyclic) bond motifs is 1. The van der Waals surface area contributed by atoms with Crippen LogP contribution in [-0.4, -0.2) is 24.3 Å². The van der Waals surface area contributed by atoms with E-state index in [9.17, 15) is 8.42 Å². The number of imidazole rings is 1. The number of benzene rings is 1. The summed E-state index contributed by atoms with van der Waals surface area (Å²) in [6, 6.07) is 9.74. The van der Waals surface area contributed by atoms with Crippen LogP contribution in [0.15, 0.2) is 47.6 Å². The van der Waals surface area contributed by atoms with Crippen LogP contribution in [0.3, 0.4) is 0 Å². The topological polar surface area (TPSA) is 63.5 Å². The summed E-state index contributed by atoms with van der Waals surface area (Å²) < 4.78 is 30.0. The molecule has 0 aliphatic rings. The minimum atomic E-state index is -3.50. The number of aromatic nitrogens is 2. The highest BCUT2D eigenvalue weighted by atomic mass is 32.2. The van der Waals surface area contributed by atoms with Crippen molar-refractivity contribution in [3.8, 4) is 0 Å². The van der Waals surface area contributed by atoms with Crippen LogP contribution < -0.4 is 4.72 Å². The molecule has 0 radical (unpaired) electrons. The van der Waals surface area contributed by atoms with E-state index in [-0.39, 0.29) is 0 Å². The van der Waals surface area contributed by atoms with Gasteiger partial charge in [-0.1, -0.05) is 23.8 Å². The molecule has 0 amide bonds. The molecule has 132 valence electrons. The summed E-state index contributed by atoms with van der Waals surface area (Å²) in [5.74, 6) is 0.942. The van der Waals surface area contributed by atoms with Crippen LogP contribution >= 0.6 is 0 Å². The number of aryl methyl sites for hydroxylation is 4. The third kappa shape index (κ3) is 3.75. The van der Waals surface area contributed by atoms with Crippen molar-refractivity contribution >= 4 is 15.5 Å². The lowest BCUT2D eigenvalue weighted by molar-refractivity contribution is 0.577. The molecule has 2 aromatic heterocycles. The Hall–Kier alpha value is -2.18. The summed E-state index contributed by atoms with van der Waals surface area (Å²) in [6.45, 7) is 6.03.